The second-order valence-electron chi connectivity index (χ2n) is 7.42. The molecule has 0 aliphatic heterocycles. The van der Waals surface area contributed by atoms with Crippen molar-refractivity contribution in [3.63, 3.8) is 0 Å². The average molecular weight is 381 g/mol. The summed E-state index contributed by atoms with van der Waals surface area (Å²) in [5.74, 6) is 0.146. The molecule has 1 aliphatic carbocycles. The van der Waals surface area contributed by atoms with Crippen molar-refractivity contribution < 1.29 is 12.8 Å². The van der Waals surface area contributed by atoms with Crippen molar-refractivity contribution >= 4 is 26.8 Å². The molecule has 1 aliphatic rings. The van der Waals surface area contributed by atoms with Gasteiger partial charge in [-0.3, -0.25) is 4.57 Å². The van der Waals surface area contributed by atoms with Crippen LogP contribution in [0.3, 0.4) is 0 Å². The average Bonchev–Trinajstić information content (AvgIpc) is 2.88. The number of aromatic nitrogens is 1. The van der Waals surface area contributed by atoms with Gasteiger partial charge in [-0.05, 0) is 57.6 Å². The number of sulfonamides is 1. The number of nitrogens with one attached hydrogen (secondary N) is 2. The fraction of sp³-hybridized carbons (Fsp3) is 0.611. The Hall–Kier alpha value is -1.80. The molecular weight excluding hydrogens is 354 g/mol. The summed E-state index contributed by atoms with van der Waals surface area (Å²) in [6, 6.07) is 5.72. The smallest absolute Gasteiger partial charge is 0.408 e. The van der Waals surface area contributed by atoms with Crippen LogP contribution in [0.1, 0.15) is 39.5 Å². The SMILES string of the molecule is CC(C)S(=O)(=O)NC1CCC(CNc2ccc3c(c2)oc(=O)n3C)CC1. The Morgan fingerprint density at radius 2 is 1.92 bits per heavy atom. The molecule has 2 aromatic rings. The molecule has 7 nitrogen and oxygen atoms in total. The number of fused-ring (bicyclic) bond motifs is 1. The zero-order chi connectivity index (χ0) is 18.9. The summed E-state index contributed by atoms with van der Waals surface area (Å²) in [6.45, 7) is 4.22. The largest absolute Gasteiger partial charge is 0.419 e. The molecule has 3 rings (SSSR count). The highest BCUT2D eigenvalue weighted by Crippen LogP contribution is 2.26. The number of nitrogens with zero attached hydrogens (tertiary/aromatic N) is 1. The normalized spacial score (nSPS) is 21.4. The van der Waals surface area contributed by atoms with E-state index in [4.69, 9.17) is 4.42 Å². The first-order valence-corrected chi connectivity index (χ1v) is 10.7. The lowest BCUT2D eigenvalue weighted by atomic mass is 9.86. The third kappa shape index (κ3) is 4.12. The van der Waals surface area contributed by atoms with Gasteiger partial charge in [0.15, 0.2) is 5.58 Å². The monoisotopic (exact) mass is 381 g/mol. The molecule has 1 aromatic carbocycles. The highest BCUT2D eigenvalue weighted by molar-refractivity contribution is 7.90. The van der Waals surface area contributed by atoms with Crippen molar-refractivity contribution in [2.24, 2.45) is 13.0 Å². The minimum Gasteiger partial charge on any atom is -0.408 e. The van der Waals surface area contributed by atoms with E-state index in [0.717, 1.165) is 43.4 Å². The molecular formula is C18H27N3O4S. The summed E-state index contributed by atoms with van der Waals surface area (Å²) in [7, 11) is -1.51. The standard InChI is InChI=1S/C18H27N3O4S/c1-12(2)26(23,24)20-14-6-4-13(5-7-14)11-19-15-8-9-16-17(10-15)25-18(22)21(16)3/h8-10,12-14,19-20H,4-7,11H2,1-3H3. The van der Waals surface area contributed by atoms with Gasteiger partial charge in [0.1, 0.15) is 0 Å². The van der Waals surface area contributed by atoms with Crippen LogP contribution < -0.4 is 15.8 Å². The molecule has 144 valence electrons. The predicted octanol–water partition coefficient (Wildman–Crippen LogP) is 2.43. The lowest BCUT2D eigenvalue weighted by Gasteiger charge is -2.29. The summed E-state index contributed by atoms with van der Waals surface area (Å²) in [5.41, 5.74) is 2.28. The third-order valence-electron chi connectivity index (χ3n) is 5.19. The number of hydrogen-bond acceptors (Lipinski definition) is 5. The molecule has 0 saturated heterocycles. The molecule has 0 unspecified atom stereocenters. The molecule has 2 N–H and O–H groups in total. The summed E-state index contributed by atoms with van der Waals surface area (Å²) in [4.78, 5) is 11.6. The van der Waals surface area contributed by atoms with Crippen LogP contribution in [0.4, 0.5) is 5.69 Å². The van der Waals surface area contributed by atoms with Gasteiger partial charge in [-0.1, -0.05) is 0 Å². The van der Waals surface area contributed by atoms with Crippen LogP contribution in [-0.4, -0.2) is 30.8 Å². The van der Waals surface area contributed by atoms with E-state index in [1.165, 1.54) is 4.57 Å². The Labute approximate surface area is 153 Å². The minimum atomic E-state index is -3.20. The van der Waals surface area contributed by atoms with E-state index in [9.17, 15) is 13.2 Å². The number of aryl methyl sites for hydroxylation is 1. The topological polar surface area (TPSA) is 93.3 Å². The highest BCUT2D eigenvalue weighted by Gasteiger charge is 2.26. The Bertz CT molecular complexity index is 922. The quantitative estimate of drug-likeness (QED) is 0.802. The van der Waals surface area contributed by atoms with E-state index in [0.29, 0.717) is 11.5 Å². The Kier molecular flexibility index (Phi) is 5.43. The molecule has 1 fully saturated rings. The molecule has 1 heterocycles. The first kappa shape index (κ1) is 19.0. The van der Waals surface area contributed by atoms with Gasteiger partial charge in [0.2, 0.25) is 10.0 Å². The van der Waals surface area contributed by atoms with Gasteiger partial charge in [-0.15, -0.1) is 0 Å². The zero-order valence-corrected chi connectivity index (χ0v) is 16.3. The summed E-state index contributed by atoms with van der Waals surface area (Å²) < 4.78 is 33.5. The van der Waals surface area contributed by atoms with Crippen LogP contribution in [0.15, 0.2) is 27.4 Å². The van der Waals surface area contributed by atoms with Gasteiger partial charge in [-0.2, -0.15) is 0 Å². The van der Waals surface area contributed by atoms with Gasteiger partial charge >= 0.3 is 5.76 Å². The van der Waals surface area contributed by atoms with E-state index >= 15 is 0 Å². The van der Waals surface area contributed by atoms with Crippen LogP contribution in [0.25, 0.3) is 11.1 Å². The van der Waals surface area contributed by atoms with E-state index < -0.39 is 15.3 Å². The second kappa shape index (κ2) is 7.44. The fourth-order valence-electron chi connectivity index (χ4n) is 3.36. The Morgan fingerprint density at radius 1 is 1.23 bits per heavy atom. The van der Waals surface area contributed by atoms with Gasteiger partial charge in [0.25, 0.3) is 0 Å². The molecule has 0 atom stereocenters. The van der Waals surface area contributed by atoms with E-state index in [1.807, 2.05) is 18.2 Å². The fourth-order valence-corrected chi connectivity index (χ4v) is 4.33. The lowest BCUT2D eigenvalue weighted by Crippen LogP contribution is -2.41. The van der Waals surface area contributed by atoms with E-state index in [2.05, 4.69) is 10.0 Å². The van der Waals surface area contributed by atoms with Crippen molar-refractivity contribution in [1.29, 1.82) is 0 Å². The maximum absolute atomic E-state index is 12.0. The lowest BCUT2D eigenvalue weighted by molar-refractivity contribution is 0.323. The van der Waals surface area contributed by atoms with Crippen molar-refractivity contribution in [3.05, 3.63) is 28.7 Å². The molecule has 1 aromatic heterocycles. The molecule has 8 heteroatoms. The van der Waals surface area contributed by atoms with E-state index in [-0.39, 0.29) is 11.8 Å². The van der Waals surface area contributed by atoms with Gasteiger partial charge in [0, 0.05) is 31.4 Å². The van der Waals surface area contributed by atoms with Crippen molar-refractivity contribution in [3.8, 4) is 0 Å². The summed E-state index contributed by atoms with van der Waals surface area (Å²) >= 11 is 0. The van der Waals surface area contributed by atoms with Crippen LogP contribution in [0, 0.1) is 5.92 Å². The maximum Gasteiger partial charge on any atom is 0.419 e. The first-order chi connectivity index (χ1) is 12.3. The predicted molar refractivity (Wildman–Crippen MR) is 103 cm³/mol. The first-order valence-electron chi connectivity index (χ1n) is 9.11. The molecule has 1 saturated carbocycles. The van der Waals surface area contributed by atoms with Crippen molar-refractivity contribution in [1.82, 2.24) is 9.29 Å². The molecule has 0 radical (unpaired) electrons. The van der Waals surface area contributed by atoms with E-state index in [1.54, 1.807) is 20.9 Å². The van der Waals surface area contributed by atoms with Gasteiger partial charge in [0.05, 0.1) is 10.8 Å². The highest BCUT2D eigenvalue weighted by atomic mass is 32.2. The third-order valence-corrected chi connectivity index (χ3v) is 7.09. The number of benzene rings is 1. The van der Waals surface area contributed by atoms with Crippen molar-refractivity contribution in [2.75, 3.05) is 11.9 Å². The minimum absolute atomic E-state index is 0.0496. The number of rotatable bonds is 6. The second-order valence-corrected chi connectivity index (χ2v) is 9.69. The Morgan fingerprint density at radius 3 is 2.58 bits per heavy atom. The van der Waals surface area contributed by atoms with Gasteiger partial charge in [-0.25, -0.2) is 17.9 Å². The Balaban J connectivity index is 1.52. The van der Waals surface area contributed by atoms with Crippen LogP contribution >= 0.6 is 0 Å². The maximum atomic E-state index is 12.0. The molecule has 0 spiro atoms. The van der Waals surface area contributed by atoms with Crippen LogP contribution in [0.2, 0.25) is 0 Å². The number of anilines is 1. The molecule has 0 bridgehead atoms. The molecule has 0 amide bonds. The zero-order valence-electron chi connectivity index (χ0n) is 15.5. The summed E-state index contributed by atoms with van der Waals surface area (Å²) in [5, 5.41) is 3.01. The van der Waals surface area contributed by atoms with Crippen molar-refractivity contribution in [2.45, 2.75) is 50.8 Å². The van der Waals surface area contributed by atoms with Crippen LogP contribution in [0.5, 0.6) is 0 Å². The summed E-state index contributed by atoms with van der Waals surface area (Å²) in [6.07, 6.45) is 3.71. The van der Waals surface area contributed by atoms with Crippen LogP contribution in [-0.2, 0) is 17.1 Å². The molecule has 26 heavy (non-hydrogen) atoms. The number of hydrogen-bond donors (Lipinski definition) is 2. The van der Waals surface area contributed by atoms with Gasteiger partial charge < -0.3 is 9.73 Å². The number of oxazole rings is 1.